The van der Waals surface area contributed by atoms with Crippen LogP contribution in [0.15, 0.2) is 52.3 Å². The molecule has 0 spiro atoms. The largest absolute Gasteiger partial charge is 0.385 e. The topological polar surface area (TPSA) is 75.9 Å². The second-order valence-corrected chi connectivity index (χ2v) is 9.82. The Morgan fingerprint density at radius 2 is 1.85 bits per heavy atom. The lowest BCUT2D eigenvalue weighted by atomic mass is 10.1. The third-order valence-electron chi connectivity index (χ3n) is 5.43. The van der Waals surface area contributed by atoms with Crippen LogP contribution in [0.1, 0.15) is 28.7 Å². The zero-order valence-electron chi connectivity index (χ0n) is 19.3. The first-order valence-corrected chi connectivity index (χ1v) is 12.2. The number of thiocarbonyl (C=S) groups is 1. The number of aromatic nitrogens is 2. The molecule has 1 aliphatic heterocycles. The van der Waals surface area contributed by atoms with Gasteiger partial charge in [-0.3, -0.25) is 18.9 Å². The fourth-order valence-corrected chi connectivity index (χ4v) is 4.83. The van der Waals surface area contributed by atoms with Gasteiger partial charge in [0.25, 0.3) is 11.5 Å². The lowest BCUT2D eigenvalue weighted by molar-refractivity contribution is -0.122. The molecule has 4 rings (SSSR count). The van der Waals surface area contributed by atoms with Crippen molar-refractivity contribution in [2.75, 3.05) is 25.6 Å². The van der Waals surface area contributed by atoms with E-state index in [1.165, 1.54) is 16.2 Å². The Bertz CT molecular complexity index is 1330. The van der Waals surface area contributed by atoms with Gasteiger partial charge in [-0.25, -0.2) is 4.98 Å². The highest BCUT2D eigenvalue weighted by Crippen LogP contribution is 2.34. The zero-order valence-corrected chi connectivity index (χ0v) is 21.0. The minimum Gasteiger partial charge on any atom is -0.385 e. The number of carbonyl (C=O) groups is 1. The van der Waals surface area contributed by atoms with Crippen LogP contribution in [-0.4, -0.2) is 44.8 Å². The van der Waals surface area contributed by atoms with Crippen LogP contribution in [-0.2, 0) is 16.1 Å². The summed E-state index contributed by atoms with van der Waals surface area (Å²) in [7, 11) is 1.65. The summed E-state index contributed by atoms with van der Waals surface area (Å²) in [4.78, 5) is 33.3. The lowest BCUT2D eigenvalue weighted by Gasteiger charge is -2.14. The Morgan fingerprint density at radius 1 is 1.12 bits per heavy atom. The number of ether oxygens (including phenoxy) is 1. The highest BCUT2D eigenvalue weighted by molar-refractivity contribution is 8.26. The molecule has 1 fully saturated rings. The molecule has 2 aromatic heterocycles. The summed E-state index contributed by atoms with van der Waals surface area (Å²) < 4.78 is 7.09. The monoisotopic (exact) mass is 494 g/mol. The summed E-state index contributed by atoms with van der Waals surface area (Å²) >= 11 is 6.70. The smallest absolute Gasteiger partial charge is 0.267 e. The summed E-state index contributed by atoms with van der Waals surface area (Å²) in [5.41, 5.74) is 3.70. The quantitative estimate of drug-likeness (QED) is 0.286. The van der Waals surface area contributed by atoms with Gasteiger partial charge in [-0.1, -0.05) is 59.9 Å². The fraction of sp³-hybridized carbons (Fsp3) is 0.280. The van der Waals surface area contributed by atoms with Gasteiger partial charge in [0.15, 0.2) is 0 Å². The van der Waals surface area contributed by atoms with E-state index in [9.17, 15) is 9.59 Å². The Balaban J connectivity index is 1.69. The minimum atomic E-state index is -0.244. The number of amides is 1. The molecular formula is C25H26N4O3S2. The van der Waals surface area contributed by atoms with Crippen LogP contribution in [0.5, 0.6) is 0 Å². The van der Waals surface area contributed by atoms with Crippen LogP contribution in [0.4, 0.5) is 5.82 Å². The predicted molar refractivity (Wildman–Crippen MR) is 141 cm³/mol. The molecule has 0 aliphatic carbocycles. The number of rotatable bonds is 8. The first kappa shape index (κ1) is 24.1. The predicted octanol–water partition coefficient (Wildman–Crippen LogP) is 4.16. The normalized spacial score (nSPS) is 15.0. The second-order valence-electron chi connectivity index (χ2n) is 8.14. The number of fused-ring (bicyclic) bond motifs is 1. The highest BCUT2D eigenvalue weighted by atomic mass is 32.2. The van der Waals surface area contributed by atoms with Crippen LogP contribution >= 0.6 is 24.0 Å². The minimum absolute atomic E-state index is 0.213. The molecule has 7 nitrogen and oxygen atoms in total. The third-order valence-corrected chi connectivity index (χ3v) is 6.81. The number of nitrogens with zero attached hydrogens (tertiary/aromatic N) is 3. The van der Waals surface area contributed by atoms with E-state index in [4.69, 9.17) is 17.0 Å². The van der Waals surface area contributed by atoms with Crippen molar-refractivity contribution in [3.63, 3.8) is 0 Å². The number of thioether (sulfide) groups is 1. The Hall–Kier alpha value is -3.01. The van der Waals surface area contributed by atoms with E-state index in [0.29, 0.717) is 46.0 Å². The van der Waals surface area contributed by atoms with Gasteiger partial charge in [0.2, 0.25) is 0 Å². The molecule has 0 radical (unpaired) electrons. The van der Waals surface area contributed by atoms with Crippen LogP contribution in [0.25, 0.3) is 11.7 Å². The van der Waals surface area contributed by atoms with Crippen LogP contribution < -0.4 is 10.9 Å². The average molecular weight is 495 g/mol. The van der Waals surface area contributed by atoms with Crippen LogP contribution in [0.2, 0.25) is 0 Å². The van der Waals surface area contributed by atoms with Gasteiger partial charge in [0.1, 0.15) is 15.8 Å². The van der Waals surface area contributed by atoms with Gasteiger partial charge in [-0.15, -0.1) is 0 Å². The van der Waals surface area contributed by atoms with Gasteiger partial charge in [0.05, 0.1) is 17.0 Å². The number of aryl methyl sites for hydroxylation is 2. The number of nitrogens with one attached hydrogen (secondary N) is 1. The van der Waals surface area contributed by atoms with E-state index in [2.05, 4.69) is 10.3 Å². The number of carbonyl (C=O) groups excluding carboxylic acids is 1. The molecule has 1 aliphatic rings. The van der Waals surface area contributed by atoms with Gasteiger partial charge >= 0.3 is 0 Å². The molecular weight excluding hydrogens is 468 g/mol. The molecule has 9 heteroatoms. The van der Waals surface area contributed by atoms with E-state index < -0.39 is 0 Å². The molecule has 0 atom stereocenters. The Labute approximate surface area is 207 Å². The van der Waals surface area contributed by atoms with Crippen molar-refractivity contribution < 1.29 is 9.53 Å². The SMILES string of the molecule is COCCCNc1nc2ccc(C)cn2c(=O)c1C=C1SC(=S)N(Cc2ccc(C)cc2)C1=O. The maximum atomic E-state index is 13.4. The maximum absolute atomic E-state index is 13.4. The summed E-state index contributed by atoms with van der Waals surface area (Å²) in [6, 6.07) is 11.7. The van der Waals surface area contributed by atoms with E-state index >= 15 is 0 Å². The second kappa shape index (κ2) is 10.5. The van der Waals surface area contributed by atoms with Gasteiger partial charge in [-0.2, -0.15) is 0 Å². The molecule has 176 valence electrons. The molecule has 34 heavy (non-hydrogen) atoms. The average Bonchev–Trinajstić information content (AvgIpc) is 3.08. The van der Waals surface area contributed by atoms with Crippen LogP contribution in [0, 0.1) is 13.8 Å². The summed E-state index contributed by atoms with van der Waals surface area (Å²) in [5.74, 6) is 0.225. The van der Waals surface area contributed by atoms with E-state index in [-0.39, 0.29) is 11.5 Å². The molecule has 1 saturated heterocycles. The molecule has 1 N–H and O–H groups in total. The lowest BCUT2D eigenvalue weighted by Crippen LogP contribution is -2.27. The van der Waals surface area contributed by atoms with Crippen molar-refractivity contribution in [3.8, 4) is 0 Å². The van der Waals surface area contributed by atoms with Crippen molar-refractivity contribution in [2.24, 2.45) is 0 Å². The van der Waals surface area contributed by atoms with Crippen molar-refractivity contribution in [1.82, 2.24) is 14.3 Å². The standard InChI is InChI=1S/C25H26N4O3S2/c1-16-5-8-18(9-6-16)15-29-24(31)20(34-25(29)33)13-19-22(26-11-4-12-32-3)27-21-10-7-17(2)14-28(21)23(19)30/h5-10,13-14,26H,4,11-12,15H2,1-3H3. The maximum Gasteiger partial charge on any atom is 0.267 e. The van der Waals surface area contributed by atoms with Gasteiger partial charge < -0.3 is 10.1 Å². The van der Waals surface area contributed by atoms with Crippen molar-refractivity contribution in [1.29, 1.82) is 0 Å². The fourth-order valence-electron chi connectivity index (χ4n) is 3.59. The van der Waals surface area contributed by atoms with Crippen molar-refractivity contribution in [3.05, 3.63) is 80.1 Å². The number of methoxy groups -OCH3 is 1. The van der Waals surface area contributed by atoms with Crippen molar-refractivity contribution in [2.45, 2.75) is 26.8 Å². The first-order valence-electron chi connectivity index (χ1n) is 10.9. The number of pyridine rings is 1. The summed E-state index contributed by atoms with van der Waals surface area (Å²) in [6.45, 7) is 5.49. The zero-order chi connectivity index (χ0) is 24.2. The van der Waals surface area contributed by atoms with Gasteiger partial charge in [-0.05, 0) is 43.5 Å². The number of hydrogen-bond acceptors (Lipinski definition) is 7. The molecule has 0 unspecified atom stereocenters. The van der Waals surface area contributed by atoms with E-state index in [0.717, 1.165) is 23.1 Å². The number of anilines is 1. The van der Waals surface area contributed by atoms with E-state index in [1.807, 2.05) is 50.2 Å². The number of hydrogen-bond donors (Lipinski definition) is 1. The molecule has 0 saturated carbocycles. The molecule has 1 aromatic carbocycles. The third kappa shape index (κ3) is 5.22. The number of benzene rings is 1. The highest BCUT2D eigenvalue weighted by Gasteiger charge is 2.32. The van der Waals surface area contributed by atoms with E-state index in [1.54, 1.807) is 24.3 Å². The first-order chi connectivity index (χ1) is 16.4. The van der Waals surface area contributed by atoms with Crippen molar-refractivity contribution >= 4 is 51.7 Å². The molecule has 3 aromatic rings. The van der Waals surface area contributed by atoms with Crippen LogP contribution in [0.3, 0.4) is 0 Å². The molecule has 1 amide bonds. The Morgan fingerprint density at radius 3 is 2.59 bits per heavy atom. The van der Waals surface area contributed by atoms with Gasteiger partial charge in [0, 0.05) is 26.5 Å². The summed E-state index contributed by atoms with van der Waals surface area (Å²) in [5, 5.41) is 3.24. The molecule has 3 heterocycles. The molecule has 0 bridgehead atoms. The Kier molecular flexibility index (Phi) is 7.45. The summed E-state index contributed by atoms with van der Waals surface area (Å²) in [6.07, 6.45) is 4.11.